The van der Waals surface area contributed by atoms with Gasteiger partial charge in [-0.15, -0.1) is 0 Å². The lowest BCUT2D eigenvalue weighted by molar-refractivity contribution is -0.157. The molecule has 8 nitrogen and oxygen atoms in total. The molecule has 0 saturated heterocycles. The molecule has 0 aliphatic carbocycles. The van der Waals surface area contributed by atoms with Crippen LogP contribution in [-0.2, 0) is 14.3 Å². The van der Waals surface area contributed by atoms with Crippen LogP contribution in [0.5, 0.6) is 0 Å². The second-order valence-electron chi connectivity index (χ2n) is 7.01. The molecule has 0 N–H and O–H groups in total. The van der Waals surface area contributed by atoms with E-state index in [4.69, 9.17) is 10.00 Å². The molecule has 0 radical (unpaired) electrons. The number of esters is 1. The first kappa shape index (κ1) is 21.7. The molecule has 0 saturated carbocycles. The van der Waals surface area contributed by atoms with Crippen molar-refractivity contribution in [3.8, 4) is 6.07 Å². The van der Waals surface area contributed by atoms with E-state index in [1.807, 2.05) is 6.07 Å². The molecule has 0 aromatic heterocycles. The fraction of sp³-hybridized carbons (Fsp3) is 0.261. The monoisotopic (exact) mass is 419 g/mol. The number of hydrogen-bond acceptors (Lipinski definition) is 6. The van der Waals surface area contributed by atoms with Crippen molar-refractivity contribution in [1.29, 1.82) is 5.26 Å². The Bertz CT molecular complexity index is 1030. The molecule has 0 spiro atoms. The number of anilines is 1. The minimum atomic E-state index is -1.20. The van der Waals surface area contributed by atoms with Crippen molar-refractivity contribution in [3.63, 3.8) is 0 Å². The van der Waals surface area contributed by atoms with Gasteiger partial charge in [0, 0.05) is 12.2 Å². The zero-order valence-electron chi connectivity index (χ0n) is 17.1. The van der Waals surface area contributed by atoms with Crippen LogP contribution in [0.2, 0.25) is 0 Å². The smallest absolute Gasteiger partial charge is 0.329 e. The highest BCUT2D eigenvalue weighted by atomic mass is 16.5. The van der Waals surface area contributed by atoms with Gasteiger partial charge in [0.25, 0.3) is 17.7 Å². The average Bonchev–Trinajstić information content (AvgIpc) is 3.04. The summed E-state index contributed by atoms with van der Waals surface area (Å²) in [6, 6.07) is 15.8. The number of benzene rings is 2. The fourth-order valence-corrected chi connectivity index (χ4v) is 3.34. The molecule has 0 bridgehead atoms. The van der Waals surface area contributed by atoms with Crippen LogP contribution in [0, 0.1) is 11.3 Å². The lowest BCUT2D eigenvalue weighted by Gasteiger charge is -2.27. The van der Waals surface area contributed by atoms with Crippen molar-refractivity contribution >= 4 is 29.4 Å². The minimum absolute atomic E-state index is 0.104. The molecule has 8 heteroatoms. The summed E-state index contributed by atoms with van der Waals surface area (Å²) in [4.78, 5) is 53.0. The maximum atomic E-state index is 12.9. The summed E-state index contributed by atoms with van der Waals surface area (Å²) < 4.78 is 5.31. The topological polar surface area (TPSA) is 108 Å². The van der Waals surface area contributed by atoms with E-state index >= 15 is 0 Å². The maximum absolute atomic E-state index is 12.9. The molecule has 0 unspecified atom stereocenters. The molecule has 3 rings (SSSR count). The van der Waals surface area contributed by atoms with E-state index < -0.39 is 35.8 Å². The second kappa shape index (κ2) is 9.22. The van der Waals surface area contributed by atoms with Gasteiger partial charge in [0.15, 0.2) is 6.10 Å². The van der Waals surface area contributed by atoms with E-state index in [1.54, 1.807) is 42.5 Å². The standard InChI is InChI=1S/C23H21N3O5/c1-15(26-21(28)18-11-6-7-12-19(18)22(26)29)23(30)31-16(2)20(27)25(14-8-13-24)17-9-4-3-5-10-17/h3-7,9-12,15-16H,8,14H2,1-2H3/t15-,16+/m1/s1. The molecule has 2 aromatic rings. The first-order chi connectivity index (χ1) is 14.9. The summed E-state index contributed by atoms with van der Waals surface area (Å²) in [6.07, 6.45) is -1.07. The van der Waals surface area contributed by atoms with Gasteiger partial charge in [-0.1, -0.05) is 30.3 Å². The predicted octanol–water partition coefficient (Wildman–Crippen LogP) is 2.55. The Morgan fingerprint density at radius 2 is 1.55 bits per heavy atom. The third-order valence-electron chi connectivity index (χ3n) is 4.98. The maximum Gasteiger partial charge on any atom is 0.329 e. The highest BCUT2D eigenvalue weighted by Crippen LogP contribution is 2.25. The Morgan fingerprint density at radius 1 is 1.00 bits per heavy atom. The number of para-hydroxylation sites is 1. The molecule has 1 aliphatic heterocycles. The van der Waals surface area contributed by atoms with Crippen molar-refractivity contribution in [3.05, 3.63) is 65.7 Å². The van der Waals surface area contributed by atoms with E-state index in [0.717, 1.165) is 4.90 Å². The van der Waals surface area contributed by atoms with Crippen LogP contribution in [0.3, 0.4) is 0 Å². The molecule has 1 aliphatic rings. The molecule has 2 atom stereocenters. The summed E-state index contributed by atoms with van der Waals surface area (Å²) in [5.41, 5.74) is 1.02. The Balaban J connectivity index is 1.72. The lowest BCUT2D eigenvalue weighted by Crippen LogP contribution is -2.47. The molecular formula is C23H21N3O5. The highest BCUT2D eigenvalue weighted by molar-refractivity contribution is 6.22. The first-order valence-electron chi connectivity index (χ1n) is 9.77. The van der Waals surface area contributed by atoms with Crippen LogP contribution in [0.4, 0.5) is 5.69 Å². The van der Waals surface area contributed by atoms with Crippen molar-refractivity contribution in [2.75, 3.05) is 11.4 Å². The van der Waals surface area contributed by atoms with Crippen LogP contribution < -0.4 is 4.90 Å². The van der Waals surface area contributed by atoms with Gasteiger partial charge >= 0.3 is 5.97 Å². The van der Waals surface area contributed by atoms with Crippen LogP contribution in [-0.4, -0.2) is 47.3 Å². The number of carbonyl (C=O) groups excluding carboxylic acids is 4. The third-order valence-corrected chi connectivity index (χ3v) is 4.98. The Labute approximate surface area is 179 Å². The summed E-state index contributed by atoms with van der Waals surface area (Å²) in [5, 5.41) is 8.90. The Morgan fingerprint density at radius 3 is 2.10 bits per heavy atom. The largest absolute Gasteiger partial charge is 0.451 e. The number of rotatable bonds is 7. The minimum Gasteiger partial charge on any atom is -0.451 e. The predicted molar refractivity (Wildman–Crippen MR) is 111 cm³/mol. The molecule has 3 amide bonds. The quantitative estimate of drug-likeness (QED) is 0.504. The fourth-order valence-electron chi connectivity index (χ4n) is 3.34. The molecule has 1 heterocycles. The van der Waals surface area contributed by atoms with E-state index in [2.05, 4.69) is 0 Å². The van der Waals surface area contributed by atoms with Gasteiger partial charge in [0.2, 0.25) is 0 Å². The number of fused-ring (bicyclic) bond motifs is 1. The lowest BCUT2D eigenvalue weighted by atomic mass is 10.1. The van der Waals surface area contributed by atoms with Gasteiger partial charge in [0.1, 0.15) is 6.04 Å². The molecule has 158 valence electrons. The number of amides is 3. The van der Waals surface area contributed by atoms with E-state index in [-0.39, 0.29) is 24.1 Å². The summed E-state index contributed by atoms with van der Waals surface area (Å²) in [7, 11) is 0. The SMILES string of the molecule is C[C@H](OC(=O)[C@@H](C)N1C(=O)c2ccccc2C1=O)C(=O)N(CCC#N)c1ccccc1. The van der Waals surface area contributed by atoms with Gasteiger partial charge in [-0.05, 0) is 38.1 Å². The van der Waals surface area contributed by atoms with Gasteiger partial charge in [-0.2, -0.15) is 5.26 Å². The normalized spacial score (nSPS) is 14.4. The zero-order chi connectivity index (χ0) is 22.5. The number of carbonyl (C=O) groups is 4. The number of nitrogens with zero attached hydrogens (tertiary/aromatic N) is 3. The number of nitriles is 1. The van der Waals surface area contributed by atoms with Gasteiger partial charge in [-0.25, -0.2) is 4.79 Å². The van der Waals surface area contributed by atoms with Crippen LogP contribution in [0.15, 0.2) is 54.6 Å². The molecule has 2 aromatic carbocycles. The van der Waals surface area contributed by atoms with E-state index in [0.29, 0.717) is 5.69 Å². The van der Waals surface area contributed by atoms with Gasteiger partial charge in [0.05, 0.1) is 23.6 Å². The number of imide groups is 1. The van der Waals surface area contributed by atoms with Crippen molar-refractivity contribution in [2.24, 2.45) is 0 Å². The van der Waals surface area contributed by atoms with E-state index in [9.17, 15) is 19.2 Å². The van der Waals surface area contributed by atoms with Gasteiger partial charge in [-0.3, -0.25) is 19.3 Å². The summed E-state index contributed by atoms with van der Waals surface area (Å²) in [6.45, 7) is 2.93. The van der Waals surface area contributed by atoms with Gasteiger partial charge < -0.3 is 9.64 Å². The molecule has 31 heavy (non-hydrogen) atoms. The molecular weight excluding hydrogens is 398 g/mol. The Hall–Kier alpha value is -3.99. The second-order valence-corrected chi connectivity index (χ2v) is 7.01. The van der Waals surface area contributed by atoms with E-state index in [1.165, 1.54) is 30.9 Å². The number of ether oxygens (including phenoxy) is 1. The highest BCUT2D eigenvalue weighted by Gasteiger charge is 2.42. The summed E-state index contributed by atoms with van der Waals surface area (Å²) in [5.74, 6) is -2.54. The van der Waals surface area contributed by atoms with Crippen LogP contribution in [0.1, 0.15) is 41.0 Å². The molecule has 0 fully saturated rings. The Kier molecular flexibility index (Phi) is 6.46. The average molecular weight is 419 g/mol. The van der Waals surface area contributed by atoms with Crippen molar-refractivity contribution in [1.82, 2.24) is 4.90 Å². The van der Waals surface area contributed by atoms with Crippen molar-refractivity contribution < 1.29 is 23.9 Å². The first-order valence-corrected chi connectivity index (χ1v) is 9.77. The number of hydrogen-bond donors (Lipinski definition) is 0. The van der Waals surface area contributed by atoms with Crippen LogP contribution >= 0.6 is 0 Å². The van der Waals surface area contributed by atoms with Crippen molar-refractivity contribution in [2.45, 2.75) is 32.4 Å². The zero-order valence-corrected chi connectivity index (χ0v) is 17.1. The van der Waals surface area contributed by atoms with Crippen LogP contribution in [0.25, 0.3) is 0 Å². The third kappa shape index (κ3) is 4.31. The summed E-state index contributed by atoms with van der Waals surface area (Å²) >= 11 is 0.